The number of esters is 1. The van der Waals surface area contributed by atoms with Crippen LogP contribution in [0.5, 0.6) is 0 Å². The Bertz CT molecular complexity index is 805. The van der Waals surface area contributed by atoms with Crippen molar-refractivity contribution in [2.24, 2.45) is 10.8 Å². The van der Waals surface area contributed by atoms with Gasteiger partial charge in [0.15, 0.2) is 0 Å². The fourth-order valence-electron chi connectivity index (χ4n) is 3.77. The van der Waals surface area contributed by atoms with Crippen LogP contribution in [0.15, 0.2) is 30.3 Å². The minimum Gasteiger partial charge on any atom is -0.481 e. The molecule has 0 aliphatic carbocycles. The van der Waals surface area contributed by atoms with Gasteiger partial charge in [0.05, 0.1) is 12.8 Å². The SMILES string of the molecule is CC(C)(CCCS(=O)CCCS(=O)CCCC(C)(C)CC(=O)OCc1ccccc1)CC(=O)O. The van der Waals surface area contributed by atoms with Crippen molar-refractivity contribution in [3.63, 3.8) is 0 Å². The van der Waals surface area contributed by atoms with E-state index >= 15 is 0 Å². The third-order valence-corrected chi connectivity index (χ3v) is 8.67. The van der Waals surface area contributed by atoms with Gasteiger partial charge in [-0.3, -0.25) is 18.0 Å². The number of hydrogen-bond acceptors (Lipinski definition) is 5. The van der Waals surface area contributed by atoms with E-state index in [1.165, 1.54) is 0 Å². The number of carbonyl (C=O) groups is 2. The van der Waals surface area contributed by atoms with E-state index in [0.29, 0.717) is 35.9 Å². The standard InChI is InChI=1S/C26H42O6S2/c1-25(2,19-23(27)28)13-8-15-33(30)17-10-18-34(31)16-9-14-26(3,4)20-24(29)32-21-22-11-6-5-7-12-22/h5-7,11-12H,8-10,13-21H2,1-4H3,(H,27,28). The molecule has 1 N–H and O–H groups in total. The first-order valence-electron chi connectivity index (χ1n) is 12.0. The van der Waals surface area contributed by atoms with E-state index in [1.807, 2.05) is 58.0 Å². The molecule has 0 aliphatic rings. The summed E-state index contributed by atoms with van der Waals surface area (Å²) in [5.74, 6) is 1.19. The number of rotatable bonds is 18. The number of carboxylic acids is 1. The Morgan fingerprint density at radius 2 is 1.26 bits per heavy atom. The number of benzene rings is 1. The van der Waals surface area contributed by atoms with Gasteiger partial charge >= 0.3 is 11.9 Å². The molecule has 2 unspecified atom stereocenters. The lowest BCUT2D eigenvalue weighted by Crippen LogP contribution is -2.20. The molecule has 0 saturated carbocycles. The largest absolute Gasteiger partial charge is 0.481 e. The van der Waals surface area contributed by atoms with Gasteiger partial charge in [0.1, 0.15) is 6.61 Å². The summed E-state index contributed by atoms with van der Waals surface area (Å²) in [6.07, 6.45) is 4.13. The average Bonchev–Trinajstić information content (AvgIpc) is 2.71. The molecule has 0 aliphatic heterocycles. The third-order valence-electron chi connectivity index (χ3n) is 5.69. The summed E-state index contributed by atoms with van der Waals surface area (Å²) in [4.78, 5) is 23.0. The summed E-state index contributed by atoms with van der Waals surface area (Å²) < 4.78 is 29.9. The van der Waals surface area contributed by atoms with Crippen molar-refractivity contribution < 1.29 is 27.9 Å². The Hall–Kier alpha value is -1.54. The van der Waals surface area contributed by atoms with E-state index in [1.54, 1.807) is 0 Å². The van der Waals surface area contributed by atoms with Crippen molar-refractivity contribution in [2.45, 2.75) is 79.2 Å². The van der Waals surface area contributed by atoms with Crippen LogP contribution in [0.1, 0.15) is 78.2 Å². The van der Waals surface area contributed by atoms with E-state index in [-0.39, 0.29) is 29.8 Å². The first kappa shape index (κ1) is 30.5. The molecule has 0 fully saturated rings. The summed E-state index contributed by atoms with van der Waals surface area (Å²) in [7, 11) is -1.91. The number of aliphatic carboxylic acids is 1. The van der Waals surface area contributed by atoms with Crippen LogP contribution in [0.25, 0.3) is 0 Å². The second-order valence-electron chi connectivity index (χ2n) is 10.5. The van der Waals surface area contributed by atoms with Gasteiger partial charge in [-0.15, -0.1) is 0 Å². The van der Waals surface area contributed by atoms with Crippen LogP contribution in [-0.4, -0.2) is 48.5 Å². The molecule has 0 spiro atoms. The van der Waals surface area contributed by atoms with Crippen molar-refractivity contribution in [2.75, 3.05) is 23.0 Å². The summed E-state index contributed by atoms with van der Waals surface area (Å²) >= 11 is 0. The molecular weight excluding hydrogens is 472 g/mol. The molecular formula is C26H42O6S2. The molecule has 0 bridgehead atoms. The molecule has 0 amide bonds. The summed E-state index contributed by atoms with van der Waals surface area (Å²) in [6, 6.07) is 9.60. The maximum absolute atomic E-state index is 12.3. The third kappa shape index (κ3) is 15.4. The van der Waals surface area contributed by atoms with Gasteiger partial charge in [-0.05, 0) is 48.5 Å². The Kier molecular flexibility index (Phi) is 13.9. The lowest BCUT2D eigenvalue weighted by molar-refractivity contribution is -0.147. The Labute approximate surface area is 210 Å². The highest BCUT2D eigenvalue weighted by molar-refractivity contribution is 7.85. The van der Waals surface area contributed by atoms with Crippen LogP contribution in [0.4, 0.5) is 0 Å². The highest BCUT2D eigenvalue weighted by atomic mass is 32.2. The Balaban J connectivity index is 2.15. The first-order chi connectivity index (χ1) is 15.9. The molecule has 1 rings (SSSR count). The van der Waals surface area contributed by atoms with Crippen molar-refractivity contribution >= 4 is 33.5 Å². The molecule has 0 saturated heterocycles. The van der Waals surface area contributed by atoms with Crippen LogP contribution >= 0.6 is 0 Å². The lowest BCUT2D eigenvalue weighted by Gasteiger charge is -2.23. The van der Waals surface area contributed by atoms with E-state index in [4.69, 9.17) is 9.84 Å². The van der Waals surface area contributed by atoms with Gasteiger partial charge in [0.2, 0.25) is 0 Å². The van der Waals surface area contributed by atoms with Gasteiger partial charge < -0.3 is 9.84 Å². The highest BCUT2D eigenvalue weighted by Crippen LogP contribution is 2.28. The van der Waals surface area contributed by atoms with Crippen molar-refractivity contribution in [3.8, 4) is 0 Å². The molecule has 8 heteroatoms. The van der Waals surface area contributed by atoms with Gasteiger partial charge in [-0.2, -0.15) is 0 Å². The van der Waals surface area contributed by atoms with Crippen LogP contribution in [0, 0.1) is 10.8 Å². The zero-order valence-electron chi connectivity index (χ0n) is 21.2. The van der Waals surface area contributed by atoms with Crippen LogP contribution in [0.2, 0.25) is 0 Å². The molecule has 1 aromatic rings. The molecule has 0 radical (unpaired) electrons. The fraction of sp³-hybridized carbons (Fsp3) is 0.692. The van der Waals surface area contributed by atoms with Gasteiger partial charge in [0.25, 0.3) is 0 Å². The molecule has 2 atom stereocenters. The molecule has 0 aromatic heterocycles. The molecule has 194 valence electrons. The van der Waals surface area contributed by atoms with Gasteiger partial charge in [-0.25, -0.2) is 0 Å². The average molecular weight is 515 g/mol. The normalized spacial score (nSPS) is 13.9. The van der Waals surface area contributed by atoms with Crippen LogP contribution in [0.3, 0.4) is 0 Å². The van der Waals surface area contributed by atoms with Gasteiger partial charge in [-0.1, -0.05) is 58.0 Å². The maximum Gasteiger partial charge on any atom is 0.306 e. The fourth-order valence-corrected chi connectivity index (χ4v) is 6.23. The van der Waals surface area contributed by atoms with Crippen molar-refractivity contribution in [3.05, 3.63) is 35.9 Å². The number of hydrogen-bond donors (Lipinski definition) is 1. The zero-order valence-corrected chi connectivity index (χ0v) is 22.8. The van der Waals surface area contributed by atoms with E-state index < -0.39 is 27.6 Å². The number of carboxylic acid groups (broad SMARTS) is 1. The maximum atomic E-state index is 12.3. The molecule has 34 heavy (non-hydrogen) atoms. The molecule has 0 heterocycles. The van der Waals surface area contributed by atoms with E-state index in [0.717, 1.165) is 31.2 Å². The summed E-state index contributed by atoms with van der Waals surface area (Å²) in [5, 5.41) is 8.92. The lowest BCUT2D eigenvalue weighted by atomic mass is 9.85. The van der Waals surface area contributed by atoms with Gasteiger partial charge in [0, 0.05) is 44.6 Å². The first-order valence-corrected chi connectivity index (χ1v) is 15.0. The monoisotopic (exact) mass is 514 g/mol. The smallest absolute Gasteiger partial charge is 0.306 e. The van der Waals surface area contributed by atoms with Crippen molar-refractivity contribution in [1.29, 1.82) is 0 Å². The van der Waals surface area contributed by atoms with Crippen LogP contribution < -0.4 is 0 Å². The number of ether oxygens (including phenoxy) is 1. The van der Waals surface area contributed by atoms with Crippen molar-refractivity contribution in [1.82, 2.24) is 0 Å². The minimum absolute atomic E-state index is 0.115. The topological polar surface area (TPSA) is 97.7 Å². The summed E-state index contributed by atoms with van der Waals surface area (Å²) in [6.45, 7) is 8.17. The molecule has 1 aromatic carbocycles. The highest BCUT2D eigenvalue weighted by Gasteiger charge is 2.23. The number of carbonyl (C=O) groups excluding carboxylic acids is 1. The predicted octanol–water partition coefficient (Wildman–Crippen LogP) is 5.09. The predicted molar refractivity (Wildman–Crippen MR) is 140 cm³/mol. The second kappa shape index (κ2) is 15.5. The van der Waals surface area contributed by atoms with E-state index in [2.05, 4.69) is 0 Å². The minimum atomic E-state index is -0.960. The zero-order chi connectivity index (χ0) is 25.6. The second-order valence-corrected chi connectivity index (χ2v) is 13.9. The van der Waals surface area contributed by atoms with Crippen LogP contribution in [-0.2, 0) is 42.5 Å². The Morgan fingerprint density at radius 1 is 0.794 bits per heavy atom. The summed E-state index contributed by atoms with van der Waals surface area (Å²) in [5.41, 5.74) is 0.463. The quantitative estimate of drug-likeness (QED) is 0.274. The Morgan fingerprint density at radius 3 is 1.76 bits per heavy atom. The molecule has 6 nitrogen and oxygen atoms in total. The van der Waals surface area contributed by atoms with E-state index in [9.17, 15) is 18.0 Å².